The van der Waals surface area contributed by atoms with E-state index in [0.29, 0.717) is 11.0 Å². The monoisotopic (exact) mass is 289 g/mol. The van der Waals surface area contributed by atoms with Gasteiger partial charge < -0.3 is 0 Å². The van der Waals surface area contributed by atoms with Crippen molar-refractivity contribution in [3.05, 3.63) is 40.4 Å². The fraction of sp³-hybridized carbons (Fsp3) is 0.167. The number of halogens is 4. The van der Waals surface area contributed by atoms with Crippen LogP contribution < -0.4 is 4.90 Å². The number of nitrogens with zero attached hydrogens (tertiary/aromatic N) is 1. The van der Waals surface area contributed by atoms with Gasteiger partial charge in [-0.15, -0.1) is 0 Å². The first-order valence-corrected chi connectivity index (χ1v) is 5.53. The van der Waals surface area contributed by atoms with Crippen LogP contribution in [-0.4, -0.2) is 11.8 Å². The standard InChI is InChI=1S/C12H7ClF3NO2/c1-6-4-10(18)17(11(6)19)7-2-3-9(13)8(5-7)12(14,15)16/h2-5H,1H3. The third-order valence-electron chi connectivity index (χ3n) is 2.61. The number of alkyl halides is 3. The summed E-state index contributed by atoms with van der Waals surface area (Å²) < 4.78 is 38.1. The van der Waals surface area contributed by atoms with Crippen molar-refractivity contribution in [2.75, 3.05) is 4.90 Å². The summed E-state index contributed by atoms with van der Waals surface area (Å²) in [7, 11) is 0. The molecule has 7 heteroatoms. The molecule has 100 valence electrons. The molecule has 2 rings (SSSR count). The zero-order valence-electron chi connectivity index (χ0n) is 9.58. The molecule has 0 saturated carbocycles. The molecule has 1 aliphatic heterocycles. The predicted molar refractivity (Wildman–Crippen MR) is 62.7 cm³/mol. The summed E-state index contributed by atoms with van der Waals surface area (Å²) >= 11 is 5.47. The summed E-state index contributed by atoms with van der Waals surface area (Å²) in [6, 6.07) is 2.89. The molecule has 0 aliphatic carbocycles. The molecule has 0 atom stereocenters. The average molecular weight is 290 g/mol. The Bertz CT molecular complexity index is 607. The molecule has 1 aromatic rings. The molecule has 0 radical (unpaired) electrons. The van der Waals surface area contributed by atoms with Crippen LogP contribution in [-0.2, 0) is 15.8 Å². The minimum absolute atomic E-state index is 0.153. The zero-order valence-corrected chi connectivity index (χ0v) is 10.3. The highest BCUT2D eigenvalue weighted by molar-refractivity contribution is 6.32. The number of imide groups is 1. The Morgan fingerprint density at radius 2 is 1.84 bits per heavy atom. The van der Waals surface area contributed by atoms with Gasteiger partial charge in [0.15, 0.2) is 0 Å². The Hall–Kier alpha value is -1.82. The van der Waals surface area contributed by atoms with Gasteiger partial charge in [-0.25, -0.2) is 4.90 Å². The van der Waals surface area contributed by atoms with E-state index in [-0.39, 0.29) is 11.3 Å². The Morgan fingerprint density at radius 1 is 1.21 bits per heavy atom. The number of carbonyl (C=O) groups excluding carboxylic acids is 2. The third kappa shape index (κ3) is 2.35. The first-order chi connectivity index (χ1) is 8.71. The third-order valence-corrected chi connectivity index (χ3v) is 2.94. The molecule has 1 heterocycles. The molecule has 0 bridgehead atoms. The maximum Gasteiger partial charge on any atom is 0.417 e. The number of hydrogen-bond donors (Lipinski definition) is 0. The fourth-order valence-electron chi connectivity index (χ4n) is 1.70. The van der Waals surface area contributed by atoms with Crippen LogP contribution in [0.4, 0.5) is 18.9 Å². The van der Waals surface area contributed by atoms with Crippen LogP contribution >= 0.6 is 11.6 Å². The van der Waals surface area contributed by atoms with Crippen LogP contribution in [0.1, 0.15) is 12.5 Å². The summed E-state index contributed by atoms with van der Waals surface area (Å²) in [5, 5.41) is -0.486. The van der Waals surface area contributed by atoms with Crippen LogP contribution in [0.5, 0.6) is 0 Å². The van der Waals surface area contributed by atoms with Gasteiger partial charge in [-0.3, -0.25) is 9.59 Å². The van der Waals surface area contributed by atoms with E-state index in [4.69, 9.17) is 11.6 Å². The zero-order chi connectivity index (χ0) is 14.4. The van der Waals surface area contributed by atoms with Crippen molar-refractivity contribution >= 4 is 29.1 Å². The van der Waals surface area contributed by atoms with Crippen LogP contribution in [0.2, 0.25) is 5.02 Å². The summed E-state index contributed by atoms with van der Waals surface area (Å²) in [6.45, 7) is 1.42. The van der Waals surface area contributed by atoms with E-state index in [0.717, 1.165) is 12.1 Å². The molecule has 0 N–H and O–H groups in total. The first kappa shape index (κ1) is 13.6. The van der Waals surface area contributed by atoms with Gasteiger partial charge >= 0.3 is 6.18 Å². The molecule has 0 fully saturated rings. The number of benzene rings is 1. The smallest absolute Gasteiger partial charge is 0.269 e. The normalized spacial score (nSPS) is 16.1. The molecule has 0 unspecified atom stereocenters. The molecule has 0 saturated heterocycles. The number of rotatable bonds is 1. The lowest BCUT2D eigenvalue weighted by Gasteiger charge is -2.17. The largest absolute Gasteiger partial charge is 0.417 e. The van der Waals surface area contributed by atoms with E-state index in [2.05, 4.69) is 0 Å². The van der Waals surface area contributed by atoms with Gasteiger partial charge in [-0.1, -0.05) is 11.6 Å². The van der Waals surface area contributed by atoms with E-state index in [1.807, 2.05) is 0 Å². The van der Waals surface area contributed by atoms with Crippen molar-refractivity contribution in [3.63, 3.8) is 0 Å². The lowest BCUT2D eigenvalue weighted by Crippen LogP contribution is -2.30. The Labute approximate surface area is 111 Å². The van der Waals surface area contributed by atoms with E-state index in [9.17, 15) is 22.8 Å². The Kier molecular flexibility index (Phi) is 3.14. The van der Waals surface area contributed by atoms with Gasteiger partial charge in [0.25, 0.3) is 11.8 Å². The molecule has 3 nitrogen and oxygen atoms in total. The van der Waals surface area contributed by atoms with Gasteiger partial charge in [-0.2, -0.15) is 13.2 Å². The van der Waals surface area contributed by atoms with E-state index in [1.165, 1.54) is 13.0 Å². The summed E-state index contributed by atoms with van der Waals surface area (Å²) in [4.78, 5) is 23.9. The Balaban J connectivity index is 2.49. The molecule has 0 spiro atoms. The number of anilines is 1. The Morgan fingerprint density at radius 3 is 2.32 bits per heavy atom. The van der Waals surface area contributed by atoms with Gasteiger partial charge in [0.2, 0.25) is 0 Å². The van der Waals surface area contributed by atoms with Gasteiger partial charge in [0.1, 0.15) is 0 Å². The van der Waals surface area contributed by atoms with Gasteiger partial charge in [0.05, 0.1) is 16.3 Å². The number of amides is 2. The predicted octanol–water partition coefficient (Wildman–Crippen LogP) is 3.18. The highest BCUT2D eigenvalue weighted by Crippen LogP contribution is 2.37. The summed E-state index contributed by atoms with van der Waals surface area (Å²) in [5.41, 5.74) is -1.06. The van der Waals surface area contributed by atoms with Crippen molar-refractivity contribution in [1.29, 1.82) is 0 Å². The van der Waals surface area contributed by atoms with Crippen LogP contribution in [0.15, 0.2) is 29.8 Å². The highest BCUT2D eigenvalue weighted by atomic mass is 35.5. The molecule has 19 heavy (non-hydrogen) atoms. The minimum atomic E-state index is -4.65. The maximum atomic E-state index is 12.7. The lowest BCUT2D eigenvalue weighted by molar-refractivity contribution is -0.137. The van der Waals surface area contributed by atoms with Crippen molar-refractivity contribution in [1.82, 2.24) is 0 Å². The maximum absolute atomic E-state index is 12.7. The molecule has 0 aromatic heterocycles. The van der Waals surface area contributed by atoms with Crippen LogP contribution in [0.25, 0.3) is 0 Å². The quantitative estimate of drug-likeness (QED) is 0.745. The second-order valence-corrected chi connectivity index (χ2v) is 4.38. The van der Waals surface area contributed by atoms with E-state index in [1.54, 1.807) is 0 Å². The van der Waals surface area contributed by atoms with E-state index >= 15 is 0 Å². The van der Waals surface area contributed by atoms with Crippen LogP contribution in [0.3, 0.4) is 0 Å². The first-order valence-electron chi connectivity index (χ1n) is 5.15. The topological polar surface area (TPSA) is 37.4 Å². The number of carbonyl (C=O) groups is 2. The van der Waals surface area contributed by atoms with Gasteiger partial charge in [0, 0.05) is 11.6 Å². The fourth-order valence-corrected chi connectivity index (χ4v) is 1.93. The van der Waals surface area contributed by atoms with Crippen molar-refractivity contribution in [3.8, 4) is 0 Å². The average Bonchev–Trinajstić information content (AvgIpc) is 2.53. The van der Waals surface area contributed by atoms with Crippen molar-refractivity contribution in [2.24, 2.45) is 0 Å². The van der Waals surface area contributed by atoms with Crippen LogP contribution in [0, 0.1) is 0 Å². The number of hydrogen-bond acceptors (Lipinski definition) is 2. The minimum Gasteiger partial charge on any atom is -0.269 e. The van der Waals surface area contributed by atoms with Crippen molar-refractivity contribution in [2.45, 2.75) is 13.1 Å². The SMILES string of the molecule is CC1=CC(=O)N(c2ccc(Cl)c(C(F)(F)F)c2)C1=O. The molecular weight excluding hydrogens is 283 g/mol. The second-order valence-electron chi connectivity index (χ2n) is 3.97. The lowest BCUT2D eigenvalue weighted by atomic mass is 10.1. The van der Waals surface area contributed by atoms with Crippen molar-refractivity contribution < 1.29 is 22.8 Å². The molecular formula is C12H7ClF3NO2. The second kappa shape index (κ2) is 4.38. The van der Waals surface area contributed by atoms with Gasteiger partial charge in [-0.05, 0) is 25.1 Å². The summed E-state index contributed by atoms with van der Waals surface area (Å²) in [5.74, 6) is -1.31. The molecule has 2 amide bonds. The van der Waals surface area contributed by atoms with E-state index < -0.39 is 28.6 Å². The summed E-state index contributed by atoms with van der Waals surface area (Å²) in [6.07, 6.45) is -3.58. The molecule has 1 aromatic carbocycles. The molecule has 1 aliphatic rings. The highest BCUT2D eigenvalue weighted by Gasteiger charge is 2.36.